The van der Waals surface area contributed by atoms with Crippen molar-refractivity contribution in [3.05, 3.63) is 36.4 Å². The van der Waals surface area contributed by atoms with E-state index in [1.807, 2.05) is 6.92 Å². The van der Waals surface area contributed by atoms with Gasteiger partial charge in [-0.3, -0.25) is 4.90 Å². The van der Waals surface area contributed by atoms with Crippen LogP contribution in [-0.2, 0) is 10.1 Å². The van der Waals surface area contributed by atoms with Crippen LogP contribution in [-0.4, -0.2) is 60.3 Å². The number of carbonyl (C=O) groups excluding carboxylic acids is 1. The molecule has 10 heteroatoms. The Hall–Kier alpha value is -3.14. The summed E-state index contributed by atoms with van der Waals surface area (Å²) >= 11 is 0. The molecular formula is C21H26N2O7S. The van der Waals surface area contributed by atoms with Crippen molar-refractivity contribution in [2.75, 3.05) is 45.9 Å². The molecule has 2 aromatic carbocycles. The average molecular weight is 451 g/mol. The van der Waals surface area contributed by atoms with Crippen LogP contribution in [0.2, 0.25) is 0 Å². The quantitative estimate of drug-likeness (QED) is 0.542. The zero-order chi connectivity index (χ0) is 22.6. The monoisotopic (exact) mass is 450 g/mol. The summed E-state index contributed by atoms with van der Waals surface area (Å²) in [7, 11) is 0.181. The maximum absolute atomic E-state index is 12.8. The molecule has 9 nitrogen and oxygen atoms in total. The minimum absolute atomic E-state index is 0.0171. The summed E-state index contributed by atoms with van der Waals surface area (Å²) < 4.78 is 46.5. The predicted molar refractivity (Wildman–Crippen MR) is 115 cm³/mol. The number of anilines is 1. The highest BCUT2D eigenvalue weighted by molar-refractivity contribution is 7.87. The molecule has 168 valence electrons. The molecule has 31 heavy (non-hydrogen) atoms. The highest BCUT2D eigenvalue weighted by atomic mass is 32.2. The number of hydrogen-bond donors (Lipinski definition) is 0. The molecule has 0 radical (unpaired) electrons. The third kappa shape index (κ3) is 4.63. The van der Waals surface area contributed by atoms with Crippen LogP contribution in [0.1, 0.15) is 13.3 Å². The second kappa shape index (κ2) is 9.34. The van der Waals surface area contributed by atoms with Crippen LogP contribution in [0.25, 0.3) is 0 Å². The minimum atomic E-state index is -4.12. The van der Waals surface area contributed by atoms with Crippen LogP contribution in [0.4, 0.5) is 10.5 Å². The predicted octanol–water partition coefficient (Wildman–Crippen LogP) is 3.13. The van der Waals surface area contributed by atoms with Gasteiger partial charge in [-0.05, 0) is 30.7 Å². The number of urea groups is 1. The maximum atomic E-state index is 12.8. The Morgan fingerprint density at radius 3 is 2.06 bits per heavy atom. The lowest BCUT2D eigenvalue weighted by molar-refractivity contribution is 0.220. The van der Waals surface area contributed by atoms with Gasteiger partial charge >= 0.3 is 16.1 Å². The van der Waals surface area contributed by atoms with Crippen LogP contribution in [0.3, 0.4) is 0 Å². The van der Waals surface area contributed by atoms with Gasteiger partial charge in [-0.25, -0.2) is 4.79 Å². The fourth-order valence-electron chi connectivity index (χ4n) is 3.37. The lowest BCUT2D eigenvalue weighted by atomic mass is 10.2. The zero-order valence-corrected chi connectivity index (χ0v) is 18.8. The van der Waals surface area contributed by atoms with E-state index in [4.69, 9.17) is 18.4 Å². The Labute approximate surface area is 182 Å². The number of methoxy groups -OCH3 is 3. The molecule has 1 fully saturated rings. The lowest BCUT2D eigenvalue weighted by Crippen LogP contribution is -2.32. The van der Waals surface area contributed by atoms with Gasteiger partial charge < -0.3 is 23.3 Å². The molecule has 0 N–H and O–H groups in total. The van der Waals surface area contributed by atoms with E-state index in [1.54, 1.807) is 21.9 Å². The number of amides is 2. The smallest absolute Gasteiger partial charge is 0.339 e. The number of hydrogen-bond acceptors (Lipinski definition) is 7. The summed E-state index contributed by atoms with van der Waals surface area (Å²) in [5, 5.41) is 0. The summed E-state index contributed by atoms with van der Waals surface area (Å²) in [5.74, 6) is 0.883. The Balaban J connectivity index is 1.81. The Morgan fingerprint density at radius 1 is 0.935 bits per heavy atom. The number of rotatable bonds is 9. The number of nitrogens with zero attached hydrogens (tertiary/aromatic N) is 2. The fourth-order valence-corrected chi connectivity index (χ4v) is 4.29. The highest BCUT2D eigenvalue weighted by Gasteiger charge is 2.29. The molecule has 0 spiro atoms. The summed E-state index contributed by atoms with van der Waals surface area (Å²) in [6.45, 7) is 3.93. The van der Waals surface area contributed by atoms with Crippen molar-refractivity contribution in [2.45, 2.75) is 18.2 Å². The van der Waals surface area contributed by atoms with Gasteiger partial charge in [-0.15, -0.1) is 0 Å². The van der Waals surface area contributed by atoms with E-state index in [2.05, 4.69) is 0 Å². The molecule has 0 aromatic heterocycles. The van der Waals surface area contributed by atoms with Crippen molar-refractivity contribution >= 4 is 21.8 Å². The normalized spacial score (nSPS) is 14.0. The average Bonchev–Trinajstić information content (AvgIpc) is 3.13. The first-order valence-corrected chi connectivity index (χ1v) is 11.2. The molecule has 0 atom stereocenters. The van der Waals surface area contributed by atoms with Crippen molar-refractivity contribution in [2.24, 2.45) is 0 Å². The van der Waals surface area contributed by atoms with Crippen molar-refractivity contribution in [3.63, 3.8) is 0 Å². The molecule has 1 aliphatic rings. The zero-order valence-electron chi connectivity index (χ0n) is 18.0. The van der Waals surface area contributed by atoms with Gasteiger partial charge in [0.25, 0.3) is 0 Å². The lowest BCUT2D eigenvalue weighted by Gasteiger charge is -2.18. The summed E-state index contributed by atoms with van der Waals surface area (Å²) in [6, 6.07) is 8.75. The summed E-state index contributed by atoms with van der Waals surface area (Å²) in [6.07, 6.45) is 0.884. The van der Waals surface area contributed by atoms with E-state index in [-0.39, 0.29) is 28.2 Å². The summed E-state index contributed by atoms with van der Waals surface area (Å²) in [5.41, 5.74) is 0.635. The van der Waals surface area contributed by atoms with E-state index >= 15 is 0 Å². The molecule has 2 amide bonds. The first kappa shape index (κ1) is 22.5. The Bertz CT molecular complexity index is 1010. The van der Waals surface area contributed by atoms with E-state index < -0.39 is 10.1 Å². The van der Waals surface area contributed by atoms with Crippen LogP contribution >= 0.6 is 0 Å². The largest absolute Gasteiger partial charge is 0.493 e. The standard InChI is InChI=1S/C21H26N2O7S/c1-5-10-22-11-12-23(21(22)24)15-6-8-17(9-7-15)31(25,26)30-16-13-18(27-2)20(29-4)19(14-16)28-3/h6-9,13-14H,5,10-12H2,1-4H3. The van der Waals surface area contributed by atoms with E-state index in [0.717, 1.165) is 6.42 Å². The second-order valence-electron chi connectivity index (χ2n) is 6.81. The van der Waals surface area contributed by atoms with E-state index in [1.165, 1.54) is 45.6 Å². The molecule has 1 aliphatic heterocycles. The van der Waals surface area contributed by atoms with Crippen molar-refractivity contribution in [1.82, 2.24) is 4.90 Å². The Kier molecular flexibility index (Phi) is 6.79. The topological polar surface area (TPSA) is 94.6 Å². The molecule has 0 bridgehead atoms. The van der Waals surface area contributed by atoms with Crippen molar-refractivity contribution in [1.29, 1.82) is 0 Å². The number of carbonyl (C=O) groups is 1. The highest BCUT2D eigenvalue weighted by Crippen LogP contribution is 2.41. The molecule has 2 aromatic rings. The first-order chi connectivity index (χ1) is 14.8. The van der Waals surface area contributed by atoms with Crippen LogP contribution in [0.15, 0.2) is 41.3 Å². The molecule has 0 saturated carbocycles. The molecule has 1 heterocycles. The fraction of sp³-hybridized carbons (Fsp3) is 0.381. The van der Waals surface area contributed by atoms with E-state index in [0.29, 0.717) is 31.1 Å². The van der Waals surface area contributed by atoms with Crippen molar-refractivity contribution < 1.29 is 31.6 Å². The van der Waals surface area contributed by atoms with Gasteiger partial charge in [0, 0.05) is 37.5 Å². The molecular weight excluding hydrogens is 424 g/mol. The van der Waals surface area contributed by atoms with E-state index in [9.17, 15) is 13.2 Å². The van der Waals surface area contributed by atoms with Gasteiger partial charge in [0.05, 0.1) is 21.3 Å². The number of ether oxygens (including phenoxy) is 3. The first-order valence-electron chi connectivity index (χ1n) is 9.75. The molecule has 0 aliphatic carbocycles. The van der Waals surface area contributed by atoms with Gasteiger partial charge in [-0.1, -0.05) is 6.92 Å². The van der Waals surface area contributed by atoms with Gasteiger partial charge in [0.2, 0.25) is 5.75 Å². The number of benzene rings is 2. The van der Waals surface area contributed by atoms with Gasteiger partial charge in [-0.2, -0.15) is 8.42 Å². The summed E-state index contributed by atoms with van der Waals surface area (Å²) in [4.78, 5) is 15.8. The van der Waals surface area contributed by atoms with Crippen LogP contribution < -0.4 is 23.3 Å². The minimum Gasteiger partial charge on any atom is -0.493 e. The third-order valence-corrected chi connectivity index (χ3v) is 6.13. The maximum Gasteiger partial charge on any atom is 0.339 e. The Morgan fingerprint density at radius 2 is 1.55 bits per heavy atom. The second-order valence-corrected chi connectivity index (χ2v) is 8.36. The van der Waals surface area contributed by atoms with Crippen LogP contribution in [0.5, 0.6) is 23.0 Å². The van der Waals surface area contributed by atoms with Gasteiger partial charge in [0.1, 0.15) is 4.90 Å². The third-order valence-electron chi connectivity index (χ3n) is 4.87. The van der Waals surface area contributed by atoms with Gasteiger partial charge in [0.15, 0.2) is 17.2 Å². The molecule has 1 saturated heterocycles. The SMILES string of the molecule is CCCN1CCN(c2ccc(S(=O)(=O)Oc3cc(OC)c(OC)c(OC)c3)cc2)C1=O. The van der Waals surface area contributed by atoms with Crippen LogP contribution in [0, 0.1) is 0 Å². The molecule has 3 rings (SSSR count). The van der Waals surface area contributed by atoms with Crippen molar-refractivity contribution in [3.8, 4) is 23.0 Å². The molecule has 0 unspecified atom stereocenters.